The summed E-state index contributed by atoms with van der Waals surface area (Å²) in [5.74, 6) is -3.74. The van der Waals surface area contributed by atoms with Gasteiger partial charge in [0, 0.05) is 43.3 Å². The Morgan fingerprint density at radius 2 is 1.47 bits per heavy atom. The van der Waals surface area contributed by atoms with Gasteiger partial charge in [-0.3, -0.25) is 14.6 Å². The first kappa shape index (κ1) is 44.5. The number of halogens is 5. The van der Waals surface area contributed by atoms with Gasteiger partial charge in [-0.2, -0.15) is 18.2 Å². The van der Waals surface area contributed by atoms with Gasteiger partial charge < -0.3 is 34.8 Å². The van der Waals surface area contributed by atoms with E-state index in [1.165, 1.54) is 46.8 Å². The van der Waals surface area contributed by atoms with Gasteiger partial charge in [-0.05, 0) is 54.5 Å². The van der Waals surface area contributed by atoms with E-state index in [1.807, 2.05) is 13.8 Å². The molecule has 0 spiro atoms. The number of amides is 1. The highest BCUT2D eigenvalue weighted by molar-refractivity contribution is 7.98. The highest BCUT2D eigenvalue weighted by atomic mass is 35.5. The summed E-state index contributed by atoms with van der Waals surface area (Å²) in [6.45, 7) is 6.85. The number of aliphatic carboxylic acids is 2. The van der Waals surface area contributed by atoms with E-state index in [2.05, 4.69) is 14.9 Å². The quantitative estimate of drug-likeness (QED) is 0.0698. The van der Waals surface area contributed by atoms with Gasteiger partial charge in [0.2, 0.25) is 5.91 Å². The SMILES string of the molecule is CCN(CC)CCN(Cc1ccc(-c2ccc(C(F)(F)F)cc2)nc1)C(=O)Cn1cc(Cl)c(=O)nc1SCc1ccc(F)cc1.O=C(O)C(O)C(O)C(=O)O. The van der Waals surface area contributed by atoms with E-state index < -0.39 is 41.4 Å². The summed E-state index contributed by atoms with van der Waals surface area (Å²) in [4.78, 5) is 57.9. The van der Waals surface area contributed by atoms with Crippen LogP contribution in [0.5, 0.6) is 0 Å². The van der Waals surface area contributed by atoms with Crippen molar-refractivity contribution in [2.75, 3.05) is 26.2 Å². The van der Waals surface area contributed by atoms with Crippen LogP contribution in [-0.2, 0) is 39.4 Å². The van der Waals surface area contributed by atoms with Gasteiger partial charge in [0.05, 0.1) is 11.3 Å². The number of carboxylic acid groups (broad SMARTS) is 2. The molecule has 2 heterocycles. The molecule has 0 radical (unpaired) electrons. The van der Waals surface area contributed by atoms with Crippen molar-refractivity contribution in [3.63, 3.8) is 0 Å². The maximum Gasteiger partial charge on any atom is 0.416 e. The van der Waals surface area contributed by atoms with E-state index >= 15 is 0 Å². The molecule has 0 bridgehead atoms. The van der Waals surface area contributed by atoms with Gasteiger partial charge >= 0.3 is 18.1 Å². The number of aliphatic hydroxyl groups excluding tert-OH is 2. The highest BCUT2D eigenvalue weighted by Crippen LogP contribution is 2.30. The molecule has 1 amide bonds. The number of nitrogens with zero attached hydrogens (tertiary/aromatic N) is 5. The number of alkyl halides is 3. The molecule has 2 aromatic carbocycles. The van der Waals surface area contributed by atoms with Crippen LogP contribution in [0.15, 0.2) is 83.0 Å². The Morgan fingerprint density at radius 3 is 1.98 bits per heavy atom. The van der Waals surface area contributed by atoms with Crippen LogP contribution in [0, 0.1) is 5.82 Å². The minimum atomic E-state index is -4.42. The third kappa shape index (κ3) is 13.7. The summed E-state index contributed by atoms with van der Waals surface area (Å²) in [7, 11) is 0. The molecule has 4 aromatic rings. The van der Waals surface area contributed by atoms with Crippen molar-refractivity contribution in [3.8, 4) is 11.3 Å². The van der Waals surface area contributed by atoms with Gasteiger partial charge in [0.1, 0.15) is 17.4 Å². The summed E-state index contributed by atoms with van der Waals surface area (Å²) in [6.07, 6.45) is -5.96. The fraction of sp³-hybridized carbons (Fsp3) is 0.333. The van der Waals surface area contributed by atoms with E-state index in [0.29, 0.717) is 35.3 Å². The third-order valence-electron chi connectivity index (χ3n) is 7.95. The van der Waals surface area contributed by atoms with Gasteiger partial charge in [-0.1, -0.05) is 67.5 Å². The molecule has 0 aliphatic heterocycles. The number of thioether (sulfide) groups is 1. The van der Waals surface area contributed by atoms with Crippen molar-refractivity contribution in [2.45, 2.75) is 56.2 Å². The zero-order valence-electron chi connectivity index (χ0n) is 29.5. The number of carbonyl (C=O) groups excluding carboxylic acids is 1. The predicted octanol–water partition coefficient (Wildman–Crippen LogP) is 4.66. The van der Waals surface area contributed by atoms with Crippen LogP contribution in [0.3, 0.4) is 0 Å². The lowest BCUT2D eigenvalue weighted by Gasteiger charge is -2.27. The molecule has 0 saturated carbocycles. The first-order chi connectivity index (χ1) is 25.9. The summed E-state index contributed by atoms with van der Waals surface area (Å²) >= 11 is 7.34. The molecule has 2 unspecified atom stereocenters. The van der Waals surface area contributed by atoms with Gasteiger partial charge in [0.25, 0.3) is 5.56 Å². The molecule has 0 aliphatic carbocycles. The van der Waals surface area contributed by atoms with Crippen molar-refractivity contribution in [3.05, 3.63) is 111 Å². The topological polar surface area (TPSA) is 186 Å². The smallest absolute Gasteiger partial charge is 0.416 e. The number of pyridine rings is 1. The van der Waals surface area contributed by atoms with Crippen molar-refractivity contribution < 1.29 is 52.4 Å². The molecule has 55 heavy (non-hydrogen) atoms. The first-order valence-electron chi connectivity index (χ1n) is 16.5. The van der Waals surface area contributed by atoms with Crippen LogP contribution in [-0.4, -0.2) is 101 Å². The predicted molar refractivity (Wildman–Crippen MR) is 195 cm³/mol. The number of aromatic nitrogens is 3. The molecule has 2 aromatic heterocycles. The molecule has 0 fully saturated rings. The average molecular weight is 812 g/mol. The van der Waals surface area contributed by atoms with Crippen LogP contribution in [0.1, 0.15) is 30.5 Å². The summed E-state index contributed by atoms with van der Waals surface area (Å²) in [5.41, 5.74) is 1.25. The largest absolute Gasteiger partial charge is 0.479 e. The van der Waals surface area contributed by atoms with Gasteiger partial charge in [0.15, 0.2) is 17.4 Å². The van der Waals surface area contributed by atoms with Crippen LogP contribution in [0.4, 0.5) is 17.6 Å². The fourth-order valence-electron chi connectivity index (χ4n) is 4.76. The van der Waals surface area contributed by atoms with Gasteiger partial charge in [-0.15, -0.1) is 0 Å². The van der Waals surface area contributed by atoms with Crippen LogP contribution >= 0.6 is 23.4 Å². The van der Waals surface area contributed by atoms with Crippen LogP contribution < -0.4 is 5.56 Å². The minimum Gasteiger partial charge on any atom is -0.479 e. The second-order valence-corrected chi connectivity index (χ2v) is 13.1. The Balaban J connectivity index is 0.000000712. The van der Waals surface area contributed by atoms with Crippen LogP contribution in [0.2, 0.25) is 5.02 Å². The maximum atomic E-state index is 13.7. The number of rotatable bonds is 16. The lowest BCUT2D eigenvalue weighted by atomic mass is 10.1. The molecule has 0 saturated heterocycles. The standard InChI is InChI=1S/C32H32ClF4N5O2S.C4H6O6/c1-3-40(4-2)15-16-41(18-23-7-14-28(38-17-23)24-8-10-25(11-9-24)32(35,36)37)29(43)20-42-19-27(33)30(44)39-31(42)45-21-22-5-12-26(34)13-6-22;5-1(3(7)8)2(6)4(9)10/h5-14,17,19H,3-4,15-16,18,20-21H2,1-2H3;1-2,5-6H,(H,7,8)(H,9,10). The molecule has 0 aliphatic rings. The van der Waals surface area contributed by atoms with Crippen molar-refractivity contribution in [2.24, 2.45) is 0 Å². The molecular formula is C36H38ClF4N5O8S. The number of carboxylic acids is 2. The van der Waals surface area contributed by atoms with Crippen LogP contribution in [0.25, 0.3) is 11.3 Å². The Morgan fingerprint density at radius 1 is 0.891 bits per heavy atom. The zero-order valence-corrected chi connectivity index (χ0v) is 31.1. The summed E-state index contributed by atoms with van der Waals surface area (Å²) in [6, 6.07) is 14.3. The second kappa shape index (κ2) is 20.7. The monoisotopic (exact) mass is 811 g/mol. The van der Waals surface area contributed by atoms with E-state index in [-0.39, 0.29) is 29.8 Å². The van der Waals surface area contributed by atoms with E-state index in [4.69, 9.17) is 32.0 Å². The molecule has 2 atom stereocenters. The number of hydrogen-bond acceptors (Lipinski definition) is 10. The Bertz CT molecular complexity index is 1930. The second-order valence-electron chi connectivity index (χ2n) is 11.8. The third-order valence-corrected chi connectivity index (χ3v) is 9.27. The number of likely N-dealkylation sites (N-methyl/N-ethyl adjacent to an activating group) is 1. The zero-order chi connectivity index (χ0) is 40.9. The van der Waals surface area contributed by atoms with E-state index in [1.54, 1.807) is 35.4 Å². The maximum absolute atomic E-state index is 13.7. The molecule has 4 rings (SSSR count). The molecular weight excluding hydrogens is 774 g/mol. The summed E-state index contributed by atoms with van der Waals surface area (Å²) < 4.78 is 53.7. The van der Waals surface area contributed by atoms with E-state index in [0.717, 1.165) is 36.3 Å². The average Bonchev–Trinajstić information content (AvgIpc) is 3.15. The minimum absolute atomic E-state index is 0.119. The number of aliphatic hydroxyl groups is 2. The summed E-state index contributed by atoms with van der Waals surface area (Å²) in [5, 5.41) is 32.7. The Kier molecular flexibility index (Phi) is 16.8. The number of benzene rings is 2. The Hall–Kier alpha value is -4.88. The highest BCUT2D eigenvalue weighted by Gasteiger charge is 2.30. The molecule has 19 heteroatoms. The fourth-order valence-corrected chi connectivity index (χ4v) is 5.84. The van der Waals surface area contributed by atoms with Gasteiger partial charge in [-0.25, -0.2) is 14.0 Å². The molecule has 4 N–H and O–H groups in total. The lowest BCUT2D eigenvalue weighted by Crippen LogP contribution is -2.40. The Labute approximate surface area is 321 Å². The number of carbonyl (C=O) groups is 3. The molecule has 296 valence electrons. The van der Waals surface area contributed by atoms with Crippen molar-refractivity contribution in [1.29, 1.82) is 0 Å². The molecule has 13 nitrogen and oxygen atoms in total. The first-order valence-corrected chi connectivity index (χ1v) is 17.9. The lowest BCUT2D eigenvalue weighted by molar-refractivity contribution is -0.165. The van der Waals surface area contributed by atoms with Crippen molar-refractivity contribution >= 4 is 41.2 Å². The van der Waals surface area contributed by atoms with Crippen molar-refractivity contribution in [1.82, 2.24) is 24.3 Å². The van der Waals surface area contributed by atoms with E-state index in [9.17, 15) is 36.7 Å². The number of hydrogen-bond donors (Lipinski definition) is 4. The normalized spacial score (nSPS) is 12.4.